The zero-order chi connectivity index (χ0) is 13.8. The number of hydrogen-bond acceptors (Lipinski definition) is 4. The molecule has 18 heavy (non-hydrogen) atoms. The second-order valence-corrected chi connectivity index (χ2v) is 6.43. The number of thioether (sulfide) groups is 1. The molecule has 0 saturated carbocycles. The molecule has 0 fully saturated rings. The van der Waals surface area contributed by atoms with Gasteiger partial charge in [-0.2, -0.15) is 11.8 Å². The van der Waals surface area contributed by atoms with Crippen molar-refractivity contribution in [3.63, 3.8) is 0 Å². The standard InChI is InChI=1S/C13H20N2O2S/c1-10(14-9-13(2,3)18-4)11-6-5-7-12(8-11)15(16)17/h5-8,10,14H,9H2,1-4H3. The molecule has 0 heterocycles. The summed E-state index contributed by atoms with van der Waals surface area (Å²) in [5.41, 5.74) is 1.09. The molecule has 1 aromatic rings. The lowest BCUT2D eigenvalue weighted by molar-refractivity contribution is -0.384. The van der Waals surface area contributed by atoms with Crippen LogP contribution >= 0.6 is 11.8 Å². The minimum Gasteiger partial charge on any atom is -0.309 e. The zero-order valence-corrected chi connectivity index (χ0v) is 12.1. The van der Waals surface area contributed by atoms with Crippen LogP contribution in [0, 0.1) is 10.1 Å². The highest BCUT2D eigenvalue weighted by atomic mass is 32.2. The summed E-state index contributed by atoms with van der Waals surface area (Å²) in [6.07, 6.45) is 2.08. The maximum absolute atomic E-state index is 10.7. The summed E-state index contributed by atoms with van der Waals surface area (Å²) in [6, 6.07) is 6.89. The fraction of sp³-hybridized carbons (Fsp3) is 0.538. The number of nitro benzene ring substituents is 1. The maximum atomic E-state index is 10.7. The topological polar surface area (TPSA) is 55.2 Å². The normalized spacial score (nSPS) is 13.3. The van der Waals surface area contributed by atoms with E-state index in [1.54, 1.807) is 23.9 Å². The van der Waals surface area contributed by atoms with Crippen LogP contribution in [0.15, 0.2) is 24.3 Å². The van der Waals surface area contributed by atoms with Crippen molar-refractivity contribution < 1.29 is 4.92 Å². The number of non-ortho nitro benzene ring substituents is 1. The maximum Gasteiger partial charge on any atom is 0.269 e. The van der Waals surface area contributed by atoms with E-state index in [0.717, 1.165) is 12.1 Å². The van der Waals surface area contributed by atoms with Crippen LogP contribution in [0.1, 0.15) is 32.4 Å². The second-order valence-electron chi connectivity index (χ2n) is 4.92. The van der Waals surface area contributed by atoms with E-state index in [1.165, 1.54) is 6.07 Å². The molecule has 0 amide bonds. The predicted molar refractivity (Wildman–Crippen MR) is 77.1 cm³/mol. The molecule has 0 bridgehead atoms. The summed E-state index contributed by atoms with van der Waals surface area (Å²) in [5, 5.41) is 14.1. The summed E-state index contributed by atoms with van der Waals surface area (Å²) in [6.45, 7) is 7.23. The van der Waals surface area contributed by atoms with Gasteiger partial charge in [0.25, 0.3) is 5.69 Å². The Morgan fingerprint density at radius 2 is 2.17 bits per heavy atom. The Morgan fingerprint density at radius 1 is 1.50 bits per heavy atom. The lowest BCUT2D eigenvalue weighted by Crippen LogP contribution is -2.33. The molecular formula is C13H20N2O2S. The van der Waals surface area contributed by atoms with Gasteiger partial charge in [-0.3, -0.25) is 10.1 Å². The molecule has 1 N–H and O–H groups in total. The van der Waals surface area contributed by atoms with Crippen LogP contribution in [0.5, 0.6) is 0 Å². The van der Waals surface area contributed by atoms with Crippen LogP contribution < -0.4 is 5.32 Å². The quantitative estimate of drug-likeness (QED) is 0.634. The lowest BCUT2D eigenvalue weighted by atomic mass is 10.1. The van der Waals surface area contributed by atoms with Gasteiger partial charge in [-0.05, 0) is 32.6 Å². The molecule has 1 atom stereocenters. The fourth-order valence-electron chi connectivity index (χ4n) is 1.50. The Kier molecular flexibility index (Phi) is 5.16. The predicted octanol–water partition coefficient (Wildman–Crippen LogP) is 3.39. The molecule has 0 aliphatic rings. The van der Waals surface area contributed by atoms with Gasteiger partial charge in [0.05, 0.1) is 4.92 Å². The summed E-state index contributed by atoms with van der Waals surface area (Å²) in [7, 11) is 0. The average molecular weight is 268 g/mol. The van der Waals surface area contributed by atoms with E-state index in [1.807, 2.05) is 13.0 Å². The average Bonchev–Trinajstić information content (AvgIpc) is 2.36. The third-order valence-corrected chi connectivity index (χ3v) is 4.22. The van der Waals surface area contributed by atoms with E-state index in [-0.39, 0.29) is 21.4 Å². The number of nitrogens with one attached hydrogen (secondary N) is 1. The molecule has 1 unspecified atom stereocenters. The van der Waals surface area contributed by atoms with Gasteiger partial charge in [0, 0.05) is 29.5 Å². The smallest absolute Gasteiger partial charge is 0.269 e. The van der Waals surface area contributed by atoms with Crippen molar-refractivity contribution >= 4 is 17.4 Å². The number of nitrogens with zero attached hydrogens (tertiary/aromatic N) is 1. The van der Waals surface area contributed by atoms with E-state index < -0.39 is 0 Å². The van der Waals surface area contributed by atoms with Gasteiger partial charge in [-0.1, -0.05) is 12.1 Å². The molecule has 0 aliphatic carbocycles. The number of benzene rings is 1. The van der Waals surface area contributed by atoms with Gasteiger partial charge >= 0.3 is 0 Å². The first kappa shape index (κ1) is 15.0. The molecule has 1 aromatic carbocycles. The summed E-state index contributed by atoms with van der Waals surface area (Å²) in [5.74, 6) is 0. The van der Waals surface area contributed by atoms with Gasteiger partial charge < -0.3 is 5.32 Å². The summed E-state index contributed by atoms with van der Waals surface area (Å²) >= 11 is 1.80. The number of hydrogen-bond donors (Lipinski definition) is 1. The van der Waals surface area contributed by atoms with E-state index in [2.05, 4.69) is 25.4 Å². The first-order chi connectivity index (χ1) is 8.35. The van der Waals surface area contributed by atoms with Gasteiger partial charge in [-0.25, -0.2) is 0 Å². The monoisotopic (exact) mass is 268 g/mol. The van der Waals surface area contributed by atoms with E-state index in [0.29, 0.717) is 0 Å². The molecule has 100 valence electrons. The van der Waals surface area contributed by atoms with Crippen molar-refractivity contribution in [2.75, 3.05) is 12.8 Å². The molecule has 1 rings (SSSR count). The summed E-state index contributed by atoms with van der Waals surface area (Å²) < 4.78 is 0.162. The van der Waals surface area contributed by atoms with Crippen molar-refractivity contribution in [2.45, 2.75) is 31.6 Å². The van der Waals surface area contributed by atoms with Crippen LogP contribution in [0.25, 0.3) is 0 Å². The van der Waals surface area contributed by atoms with Crippen LogP contribution in [0.4, 0.5) is 5.69 Å². The first-order valence-electron chi connectivity index (χ1n) is 5.88. The Balaban J connectivity index is 2.69. The summed E-state index contributed by atoms with van der Waals surface area (Å²) in [4.78, 5) is 10.4. The van der Waals surface area contributed by atoms with Crippen molar-refractivity contribution in [1.29, 1.82) is 0 Å². The molecule has 4 nitrogen and oxygen atoms in total. The van der Waals surface area contributed by atoms with Crippen LogP contribution in [0.3, 0.4) is 0 Å². The third kappa shape index (κ3) is 4.31. The van der Waals surface area contributed by atoms with Crippen LogP contribution in [-0.2, 0) is 0 Å². The zero-order valence-electron chi connectivity index (χ0n) is 11.3. The second kappa shape index (κ2) is 6.20. The van der Waals surface area contributed by atoms with E-state index in [4.69, 9.17) is 0 Å². The molecule has 0 saturated heterocycles. The van der Waals surface area contributed by atoms with Gasteiger partial charge in [0.1, 0.15) is 0 Å². The Hall–Kier alpha value is -1.07. The lowest BCUT2D eigenvalue weighted by Gasteiger charge is -2.25. The largest absolute Gasteiger partial charge is 0.309 e. The minimum atomic E-state index is -0.359. The molecule has 0 radical (unpaired) electrons. The number of nitro groups is 1. The van der Waals surface area contributed by atoms with Crippen LogP contribution in [-0.4, -0.2) is 22.5 Å². The van der Waals surface area contributed by atoms with Gasteiger partial charge in [0.2, 0.25) is 0 Å². The van der Waals surface area contributed by atoms with Crippen molar-refractivity contribution in [1.82, 2.24) is 5.32 Å². The van der Waals surface area contributed by atoms with Gasteiger partial charge in [-0.15, -0.1) is 0 Å². The van der Waals surface area contributed by atoms with Crippen molar-refractivity contribution in [3.8, 4) is 0 Å². The highest BCUT2D eigenvalue weighted by molar-refractivity contribution is 7.99. The Labute approximate surface area is 112 Å². The SMILES string of the molecule is CSC(C)(C)CNC(C)c1cccc([N+](=O)[O-])c1. The molecule has 0 aromatic heterocycles. The Morgan fingerprint density at radius 3 is 2.72 bits per heavy atom. The molecule has 0 aliphatic heterocycles. The van der Waals surface area contributed by atoms with Gasteiger partial charge in [0.15, 0.2) is 0 Å². The highest BCUT2D eigenvalue weighted by Crippen LogP contribution is 2.23. The fourth-order valence-corrected chi connectivity index (χ4v) is 1.72. The third-order valence-electron chi connectivity index (χ3n) is 2.97. The highest BCUT2D eigenvalue weighted by Gasteiger charge is 2.18. The van der Waals surface area contributed by atoms with Crippen molar-refractivity contribution in [2.24, 2.45) is 0 Å². The minimum absolute atomic E-state index is 0.108. The van der Waals surface area contributed by atoms with Crippen LogP contribution in [0.2, 0.25) is 0 Å². The number of rotatable bonds is 6. The molecule has 0 spiro atoms. The Bertz CT molecular complexity index is 421. The van der Waals surface area contributed by atoms with Crippen molar-refractivity contribution in [3.05, 3.63) is 39.9 Å². The molecule has 5 heteroatoms. The molecular weight excluding hydrogens is 248 g/mol. The first-order valence-corrected chi connectivity index (χ1v) is 7.11. The van der Waals surface area contributed by atoms with E-state index >= 15 is 0 Å². The van der Waals surface area contributed by atoms with E-state index in [9.17, 15) is 10.1 Å².